The van der Waals surface area contributed by atoms with Gasteiger partial charge < -0.3 is 16.0 Å². The van der Waals surface area contributed by atoms with Gasteiger partial charge in [0.2, 0.25) is 11.0 Å². The highest BCUT2D eigenvalue weighted by Crippen LogP contribution is 2.23. The standard InChI is InChI=1S/C14H15N5OS2/c15-13-18-19-14(22-13)21-8-12(20)16-6-5-9-7-17-11-4-2-1-3-10(9)11/h1-4,7,17H,5-6,8H2,(H2,15,18)(H,16,20). The van der Waals surface area contributed by atoms with Gasteiger partial charge in [0.1, 0.15) is 0 Å². The third kappa shape index (κ3) is 3.58. The van der Waals surface area contributed by atoms with Gasteiger partial charge in [-0.2, -0.15) is 0 Å². The van der Waals surface area contributed by atoms with Crippen molar-refractivity contribution in [1.82, 2.24) is 20.5 Å². The summed E-state index contributed by atoms with van der Waals surface area (Å²) in [6.07, 6.45) is 2.79. The highest BCUT2D eigenvalue weighted by Gasteiger charge is 2.07. The molecule has 0 fully saturated rings. The van der Waals surface area contributed by atoms with E-state index < -0.39 is 0 Å². The number of aromatic nitrogens is 3. The molecule has 0 radical (unpaired) electrons. The number of H-pyrrole nitrogens is 1. The molecule has 0 spiro atoms. The minimum atomic E-state index is -0.0152. The number of nitrogens with two attached hydrogens (primary N) is 1. The molecule has 3 aromatic rings. The van der Waals surface area contributed by atoms with Crippen molar-refractivity contribution in [2.75, 3.05) is 18.0 Å². The number of para-hydroxylation sites is 1. The SMILES string of the molecule is Nc1nnc(SCC(=O)NCCc2c[nH]c3ccccc23)s1. The quantitative estimate of drug-likeness (QED) is 0.600. The zero-order chi connectivity index (χ0) is 15.4. The topological polar surface area (TPSA) is 96.7 Å². The van der Waals surface area contributed by atoms with E-state index in [1.165, 1.54) is 34.0 Å². The van der Waals surface area contributed by atoms with Gasteiger partial charge in [0, 0.05) is 23.6 Å². The molecule has 1 aromatic carbocycles. The van der Waals surface area contributed by atoms with Gasteiger partial charge in [-0.3, -0.25) is 4.79 Å². The van der Waals surface area contributed by atoms with E-state index in [1.807, 2.05) is 24.4 Å². The Morgan fingerprint density at radius 2 is 2.23 bits per heavy atom. The van der Waals surface area contributed by atoms with Crippen molar-refractivity contribution in [2.45, 2.75) is 10.8 Å². The average molecular weight is 333 g/mol. The zero-order valence-corrected chi connectivity index (χ0v) is 13.3. The molecular formula is C14H15N5OS2. The molecular weight excluding hydrogens is 318 g/mol. The van der Waals surface area contributed by atoms with Crippen LogP contribution in [0.25, 0.3) is 10.9 Å². The molecule has 0 aliphatic carbocycles. The highest BCUT2D eigenvalue weighted by molar-refractivity contribution is 8.01. The van der Waals surface area contributed by atoms with Crippen LogP contribution in [0.15, 0.2) is 34.8 Å². The lowest BCUT2D eigenvalue weighted by Gasteiger charge is -2.03. The van der Waals surface area contributed by atoms with Gasteiger partial charge in [-0.15, -0.1) is 10.2 Å². The molecule has 1 amide bonds. The molecule has 0 aliphatic heterocycles. The zero-order valence-electron chi connectivity index (χ0n) is 11.7. The largest absolute Gasteiger partial charge is 0.374 e. The number of amides is 1. The molecule has 0 saturated heterocycles. The summed E-state index contributed by atoms with van der Waals surface area (Å²) < 4.78 is 0.712. The van der Waals surface area contributed by atoms with Crippen LogP contribution >= 0.6 is 23.1 Å². The first-order chi connectivity index (χ1) is 10.7. The fourth-order valence-corrected chi connectivity index (χ4v) is 3.60. The monoisotopic (exact) mass is 333 g/mol. The summed E-state index contributed by atoms with van der Waals surface area (Å²) in [7, 11) is 0. The summed E-state index contributed by atoms with van der Waals surface area (Å²) in [5.74, 6) is 0.307. The highest BCUT2D eigenvalue weighted by atomic mass is 32.2. The van der Waals surface area contributed by atoms with Gasteiger partial charge in [0.25, 0.3) is 0 Å². The van der Waals surface area contributed by atoms with Crippen LogP contribution in [-0.4, -0.2) is 33.4 Å². The lowest BCUT2D eigenvalue weighted by molar-refractivity contribution is -0.118. The Balaban J connectivity index is 1.45. The van der Waals surface area contributed by atoms with E-state index in [9.17, 15) is 4.79 Å². The second kappa shape index (κ2) is 6.80. The molecule has 8 heteroatoms. The molecule has 22 heavy (non-hydrogen) atoms. The van der Waals surface area contributed by atoms with Crippen LogP contribution in [0.2, 0.25) is 0 Å². The molecule has 6 nitrogen and oxygen atoms in total. The molecule has 0 bridgehead atoms. The molecule has 114 valence electrons. The number of nitrogen functional groups attached to an aromatic ring is 1. The minimum Gasteiger partial charge on any atom is -0.374 e. The first kappa shape index (κ1) is 14.9. The van der Waals surface area contributed by atoms with E-state index >= 15 is 0 Å². The number of carbonyl (C=O) groups is 1. The first-order valence-electron chi connectivity index (χ1n) is 6.76. The van der Waals surface area contributed by atoms with E-state index in [0.29, 0.717) is 21.8 Å². The molecule has 2 heterocycles. The van der Waals surface area contributed by atoms with Gasteiger partial charge in [-0.1, -0.05) is 41.3 Å². The van der Waals surface area contributed by atoms with Crippen LogP contribution < -0.4 is 11.1 Å². The van der Waals surface area contributed by atoms with Gasteiger partial charge in [-0.05, 0) is 18.1 Å². The first-order valence-corrected chi connectivity index (χ1v) is 8.56. The van der Waals surface area contributed by atoms with Crippen LogP contribution in [0.5, 0.6) is 0 Å². The van der Waals surface area contributed by atoms with Crippen LogP contribution in [-0.2, 0) is 11.2 Å². The van der Waals surface area contributed by atoms with Crippen molar-refractivity contribution in [3.63, 3.8) is 0 Å². The summed E-state index contributed by atoms with van der Waals surface area (Å²) in [5, 5.41) is 12.1. The second-order valence-corrected chi connectivity index (χ2v) is 6.89. The van der Waals surface area contributed by atoms with Crippen molar-refractivity contribution in [3.8, 4) is 0 Å². The van der Waals surface area contributed by atoms with Crippen molar-refractivity contribution in [1.29, 1.82) is 0 Å². The summed E-state index contributed by atoms with van der Waals surface area (Å²) in [5.41, 5.74) is 7.82. The van der Waals surface area contributed by atoms with E-state index in [1.54, 1.807) is 0 Å². The van der Waals surface area contributed by atoms with Crippen molar-refractivity contribution >= 4 is 45.0 Å². The average Bonchev–Trinajstić information content (AvgIpc) is 3.12. The fourth-order valence-electron chi connectivity index (χ4n) is 2.13. The summed E-state index contributed by atoms with van der Waals surface area (Å²) in [6, 6.07) is 8.14. The number of hydrogen-bond acceptors (Lipinski definition) is 6. The number of carbonyl (C=O) groups excluding carboxylic acids is 1. The van der Waals surface area contributed by atoms with Crippen LogP contribution in [0.1, 0.15) is 5.56 Å². The third-order valence-corrected chi connectivity index (χ3v) is 5.03. The predicted octanol–water partition coefficient (Wildman–Crippen LogP) is 2.05. The second-order valence-electron chi connectivity index (χ2n) is 4.65. The molecule has 0 saturated carbocycles. The Kier molecular flexibility index (Phi) is 4.59. The Hall–Kier alpha value is -2.06. The summed E-state index contributed by atoms with van der Waals surface area (Å²) in [6.45, 7) is 0.611. The lowest BCUT2D eigenvalue weighted by atomic mass is 10.1. The van der Waals surface area contributed by atoms with E-state index in [0.717, 1.165) is 11.9 Å². The fraction of sp³-hybridized carbons (Fsp3) is 0.214. The number of nitrogens with zero attached hydrogens (tertiary/aromatic N) is 2. The molecule has 4 N–H and O–H groups in total. The summed E-state index contributed by atoms with van der Waals surface area (Å²) >= 11 is 2.63. The number of hydrogen-bond donors (Lipinski definition) is 3. The van der Waals surface area contributed by atoms with E-state index in [2.05, 4.69) is 26.6 Å². The molecule has 0 aliphatic rings. The number of nitrogens with one attached hydrogen (secondary N) is 2. The Labute approximate surface area is 135 Å². The number of aromatic amines is 1. The minimum absolute atomic E-state index is 0.0152. The smallest absolute Gasteiger partial charge is 0.230 e. The van der Waals surface area contributed by atoms with Gasteiger partial charge >= 0.3 is 0 Å². The van der Waals surface area contributed by atoms with E-state index in [-0.39, 0.29) is 5.91 Å². The Morgan fingerprint density at radius 3 is 3.05 bits per heavy atom. The van der Waals surface area contributed by atoms with Crippen LogP contribution in [0.4, 0.5) is 5.13 Å². The van der Waals surface area contributed by atoms with Gasteiger partial charge in [0.05, 0.1) is 5.75 Å². The maximum atomic E-state index is 11.8. The van der Waals surface area contributed by atoms with Crippen LogP contribution in [0, 0.1) is 0 Å². The third-order valence-electron chi connectivity index (χ3n) is 3.14. The summed E-state index contributed by atoms with van der Waals surface area (Å²) in [4.78, 5) is 15.0. The molecule has 0 unspecified atom stereocenters. The maximum Gasteiger partial charge on any atom is 0.230 e. The van der Waals surface area contributed by atoms with Crippen LogP contribution in [0.3, 0.4) is 0 Å². The predicted molar refractivity (Wildman–Crippen MR) is 90.1 cm³/mol. The molecule has 2 aromatic heterocycles. The number of anilines is 1. The Bertz CT molecular complexity index is 782. The van der Waals surface area contributed by atoms with Crippen molar-refractivity contribution in [3.05, 3.63) is 36.0 Å². The molecule has 3 rings (SSSR count). The van der Waals surface area contributed by atoms with Gasteiger partial charge in [-0.25, -0.2) is 0 Å². The normalized spacial score (nSPS) is 10.9. The van der Waals surface area contributed by atoms with Crippen molar-refractivity contribution in [2.24, 2.45) is 0 Å². The lowest BCUT2D eigenvalue weighted by Crippen LogP contribution is -2.27. The number of thioether (sulfide) groups is 1. The molecule has 0 atom stereocenters. The van der Waals surface area contributed by atoms with E-state index in [4.69, 9.17) is 5.73 Å². The van der Waals surface area contributed by atoms with Gasteiger partial charge in [0.15, 0.2) is 4.34 Å². The number of fused-ring (bicyclic) bond motifs is 1. The Morgan fingerprint density at radius 1 is 1.36 bits per heavy atom. The van der Waals surface area contributed by atoms with Crippen molar-refractivity contribution < 1.29 is 4.79 Å². The number of benzene rings is 1. The number of rotatable bonds is 6. The maximum absolute atomic E-state index is 11.8.